The molecule has 0 radical (unpaired) electrons. The van der Waals surface area contributed by atoms with Crippen LogP contribution in [-0.2, 0) is 5.41 Å². The number of fused-ring (bicyclic) bond motifs is 3. The lowest BCUT2D eigenvalue weighted by Crippen LogP contribution is -2.28. The zero-order chi connectivity index (χ0) is 37.3. The van der Waals surface area contributed by atoms with Crippen molar-refractivity contribution in [3.8, 4) is 44.5 Å². The topological polar surface area (TPSA) is 3.24 Å². The Morgan fingerprint density at radius 3 is 1.39 bits per heavy atom. The maximum absolute atomic E-state index is 2.50. The van der Waals surface area contributed by atoms with E-state index in [2.05, 4.69) is 241 Å². The SMILES string of the molecule is c1ccc(-c2cccc(-c3ccccc3N(c3cccc(-c4ccccc4)c3)c3cccc4c3-c3ccccc3C4(c3ccccc3)c3ccccc3)c2)cc1. The molecule has 1 aliphatic rings. The number of hydrogen-bond donors (Lipinski definition) is 0. The van der Waals surface area contributed by atoms with Crippen molar-refractivity contribution in [2.24, 2.45) is 0 Å². The van der Waals surface area contributed by atoms with Crippen molar-refractivity contribution < 1.29 is 0 Å². The molecule has 0 N–H and O–H groups in total. The number of rotatable bonds is 8. The molecular formula is C55H39N. The second-order valence-electron chi connectivity index (χ2n) is 14.4. The van der Waals surface area contributed by atoms with Crippen molar-refractivity contribution in [3.63, 3.8) is 0 Å². The highest BCUT2D eigenvalue weighted by Gasteiger charge is 2.47. The summed E-state index contributed by atoms with van der Waals surface area (Å²) in [5, 5.41) is 0. The van der Waals surface area contributed by atoms with E-state index in [0.29, 0.717) is 0 Å². The van der Waals surface area contributed by atoms with Gasteiger partial charge < -0.3 is 4.90 Å². The number of benzene rings is 9. The van der Waals surface area contributed by atoms with Crippen LogP contribution in [0.2, 0.25) is 0 Å². The molecule has 56 heavy (non-hydrogen) atoms. The molecule has 0 saturated carbocycles. The van der Waals surface area contributed by atoms with Gasteiger partial charge in [0, 0.05) is 16.8 Å². The molecule has 264 valence electrons. The van der Waals surface area contributed by atoms with Crippen LogP contribution in [0.15, 0.2) is 237 Å². The number of para-hydroxylation sites is 1. The first-order chi connectivity index (χ1) is 27.8. The summed E-state index contributed by atoms with van der Waals surface area (Å²) in [7, 11) is 0. The fraction of sp³-hybridized carbons (Fsp3) is 0.0182. The second kappa shape index (κ2) is 14.2. The van der Waals surface area contributed by atoms with E-state index in [1.165, 1.54) is 61.2 Å². The molecule has 0 aliphatic heterocycles. The van der Waals surface area contributed by atoms with Gasteiger partial charge in [0.15, 0.2) is 0 Å². The fourth-order valence-electron chi connectivity index (χ4n) is 8.93. The van der Waals surface area contributed by atoms with E-state index in [1.54, 1.807) is 0 Å². The Morgan fingerprint density at radius 1 is 0.286 bits per heavy atom. The van der Waals surface area contributed by atoms with E-state index in [1.807, 2.05) is 0 Å². The smallest absolute Gasteiger partial charge is 0.0714 e. The van der Waals surface area contributed by atoms with Crippen LogP contribution in [0.25, 0.3) is 44.5 Å². The maximum atomic E-state index is 2.50. The summed E-state index contributed by atoms with van der Waals surface area (Å²) in [6.07, 6.45) is 0. The monoisotopic (exact) mass is 713 g/mol. The highest BCUT2D eigenvalue weighted by atomic mass is 15.1. The molecule has 0 bridgehead atoms. The molecule has 1 nitrogen and oxygen atoms in total. The largest absolute Gasteiger partial charge is 0.309 e. The van der Waals surface area contributed by atoms with Crippen LogP contribution < -0.4 is 4.90 Å². The quantitative estimate of drug-likeness (QED) is 0.152. The van der Waals surface area contributed by atoms with E-state index in [4.69, 9.17) is 0 Å². The van der Waals surface area contributed by atoms with Gasteiger partial charge in [0.25, 0.3) is 0 Å². The highest BCUT2D eigenvalue weighted by molar-refractivity contribution is 6.00. The van der Waals surface area contributed by atoms with Crippen molar-refractivity contribution in [2.75, 3.05) is 4.90 Å². The summed E-state index contributed by atoms with van der Waals surface area (Å²) < 4.78 is 0. The highest BCUT2D eigenvalue weighted by Crippen LogP contribution is 2.59. The van der Waals surface area contributed by atoms with Crippen LogP contribution in [0.3, 0.4) is 0 Å². The minimum Gasteiger partial charge on any atom is -0.309 e. The average molecular weight is 714 g/mol. The fourth-order valence-corrected chi connectivity index (χ4v) is 8.93. The lowest BCUT2D eigenvalue weighted by molar-refractivity contribution is 0.768. The molecule has 0 aromatic heterocycles. The zero-order valence-corrected chi connectivity index (χ0v) is 31.0. The van der Waals surface area contributed by atoms with Gasteiger partial charge in [-0.3, -0.25) is 0 Å². The maximum Gasteiger partial charge on any atom is 0.0714 e. The standard InChI is InChI=1S/C55H39N/c1-5-20-40(21-6-1)42-24-17-26-44(38-42)48-32-14-16-36-52(48)56(47-31-18-25-43(39-47)41-22-7-2-8-23-41)53-37-19-35-51-54(53)49-33-13-15-34-50(49)55(51,45-27-9-3-10-28-45)46-29-11-4-12-30-46/h1-39H. The molecule has 0 amide bonds. The van der Waals surface area contributed by atoms with Gasteiger partial charge in [0.05, 0.1) is 16.8 Å². The van der Waals surface area contributed by atoms with Gasteiger partial charge in [-0.05, 0) is 86.0 Å². The Bertz CT molecular complexity index is 2750. The summed E-state index contributed by atoms with van der Waals surface area (Å²) in [6, 6.07) is 86.2. The van der Waals surface area contributed by atoms with Gasteiger partial charge in [-0.25, -0.2) is 0 Å². The van der Waals surface area contributed by atoms with Crippen molar-refractivity contribution >= 4 is 17.1 Å². The van der Waals surface area contributed by atoms with Crippen LogP contribution in [0.5, 0.6) is 0 Å². The van der Waals surface area contributed by atoms with E-state index < -0.39 is 5.41 Å². The molecule has 1 aliphatic carbocycles. The molecule has 9 aromatic carbocycles. The van der Waals surface area contributed by atoms with E-state index in [0.717, 1.165) is 22.6 Å². The summed E-state index contributed by atoms with van der Waals surface area (Å²) in [4.78, 5) is 2.50. The molecule has 0 atom stereocenters. The first-order valence-electron chi connectivity index (χ1n) is 19.4. The molecule has 0 heterocycles. The van der Waals surface area contributed by atoms with Gasteiger partial charge in [0.2, 0.25) is 0 Å². The molecule has 0 unspecified atom stereocenters. The Balaban J connectivity index is 1.27. The molecule has 0 saturated heterocycles. The number of hydrogen-bond acceptors (Lipinski definition) is 1. The van der Waals surface area contributed by atoms with Crippen molar-refractivity contribution in [1.29, 1.82) is 0 Å². The second-order valence-corrected chi connectivity index (χ2v) is 14.4. The molecule has 10 rings (SSSR count). The van der Waals surface area contributed by atoms with E-state index in [-0.39, 0.29) is 0 Å². The molecular weight excluding hydrogens is 675 g/mol. The summed E-state index contributed by atoms with van der Waals surface area (Å²) in [6.45, 7) is 0. The van der Waals surface area contributed by atoms with Crippen LogP contribution in [0, 0.1) is 0 Å². The van der Waals surface area contributed by atoms with Crippen LogP contribution >= 0.6 is 0 Å². The lowest BCUT2D eigenvalue weighted by Gasteiger charge is -2.34. The van der Waals surface area contributed by atoms with Crippen molar-refractivity contribution in [2.45, 2.75) is 5.41 Å². The van der Waals surface area contributed by atoms with Crippen LogP contribution in [0.1, 0.15) is 22.3 Å². The Labute approximate surface area is 329 Å². The van der Waals surface area contributed by atoms with Gasteiger partial charge in [-0.15, -0.1) is 0 Å². The minimum absolute atomic E-state index is 0.508. The third kappa shape index (κ3) is 5.56. The molecule has 0 fully saturated rings. The van der Waals surface area contributed by atoms with Crippen molar-refractivity contribution in [1.82, 2.24) is 0 Å². The number of nitrogens with zero attached hydrogens (tertiary/aromatic N) is 1. The molecule has 9 aromatic rings. The normalized spacial score (nSPS) is 12.4. The zero-order valence-electron chi connectivity index (χ0n) is 31.0. The summed E-state index contributed by atoms with van der Waals surface area (Å²) >= 11 is 0. The summed E-state index contributed by atoms with van der Waals surface area (Å²) in [5.41, 5.74) is 17.5. The van der Waals surface area contributed by atoms with Gasteiger partial charge in [-0.2, -0.15) is 0 Å². The average Bonchev–Trinajstić information content (AvgIpc) is 3.60. The van der Waals surface area contributed by atoms with Gasteiger partial charge in [0.1, 0.15) is 0 Å². The minimum atomic E-state index is -0.508. The lowest BCUT2D eigenvalue weighted by atomic mass is 9.68. The van der Waals surface area contributed by atoms with E-state index in [9.17, 15) is 0 Å². The Hall–Kier alpha value is -7.22. The van der Waals surface area contributed by atoms with Gasteiger partial charge >= 0.3 is 0 Å². The first kappa shape index (κ1) is 33.4. The summed E-state index contributed by atoms with van der Waals surface area (Å²) in [5.74, 6) is 0. The molecule has 1 heteroatoms. The third-order valence-electron chi connectivity index (χ3n) is 11.3. The number of anilines is 3. The molecule has 0 spiro atoms. The van der Waals surface area contributed by atoms with Crippen LogP contribution in [0.4, 0.5) is 17.1 Å². The Morgan fingerprint density at radius 2 is 0.732 bits per heavy atom. The van der Waals surface area contributed by atoms with Crippen LogP contribution in [-0.4, -0.2) is 0 Å². The first-order valence-corrected chi connectivity index (χ1v) is 19.4. The van der Waals surface area contributed by atoms with Gasteiger partial charge in [-0.1, -0.05) is 206 Å². The predicted molar refractivity (Wildman–Crippen MR) is 235 cm³/mol. The Kier molecular flexibility index (Phi) is 8.46. The predicted octanol–water partition coefficient (Wildman–Crippen LogP) is 14.5. The van der Waals surface area contributed by atoms with E-state index >= 15 is 0 Å². The van der Waals surface area contributed by atoms with Crippen molar-refractivity contribution in [3.05, 3.63) is 259 Å². The third-order valence-corrected chi connectivity index (χ3v) is 11.3.